The number of rotatable bonds is 3. The number of hydrogen-bond acceptors (Lipinski definition) is 4. The van der Waals surface area contributed by atoms with Crippen LogP contribution in [0.2, 0.25) is 0 Å². The van der Waals surface area contributed by atoms with E-state index >= 15 is 0 Å². The molecule has 7 heteroatoms. The van der Waals surface area contributed by atoms with Gasteiger partial charge in [0.25, 0.3) is 0 Å². The summed E-state index contributed by atoms with van der Waals surface area (Å²) in [6, 6.07) is 0. The maximum atomic E-state index is 12.9. The first-order chi connectivity index (χ1) is 8.52. The first kappa shape index (κ1) is 13.2. The van der Waals surface area contributed by atoms with Crippen molar-refractivity contribution in [3.05, 3.63) is 22.8 Å². The quantitative estimate of drug-likeness (QED) is 0.899. The van der Waals surface area contributed by atoms with Gasteiger partial charge in [0.05, 0.1) is 5.69 Å². The zero-order valence-corrected chi connectivity index (χ0v) is 9.97. The molecule has 0 spiro atoms. The molecule has 0 aliphatic carbocycles. The van der Waals surface area contributed by atoms with Crippen LogP contribution in [0.15, 0.2) is 0 Å². The van der Waals surface area contributed by atoms with E-state index in [-0.39, 0.29) is 18.0 Å². The van der Waals surface area contributed by atoms with Crippen LogP contribution in [-0.2, 0) is 30.5 Å². The highest BCUT2D eigenvalue weighted by Gasteiger charge is 2.37. The number of alkyl halides is 3. The van der Waals surface area contributed by atoms with Crippen molar-refractivity contribution < 1.29 is 17.9 Å². The summed E-state index contributed by atoms with van der Waals surface area (Å²) in [4.78, 5) is 7.73. The van der Waals surface area contributed by atoms with Crippen LogP contribution in [0.4, 0.5) is 13.2 Å². The smallest absolute Gasteiger partial charge is 0.374 e. The van der Waals surface area contributed by atoms with Gasteiger partial charge in [0.2, 0.25) is 0 Å². The lowest BCUT2D eigenvalue weighted by Gasteiger charge is -2.21. The van der Waals surface area contributed by atoms with Gasteiger partial charge >= 0.3 is 6.18 Å². The summed E-state index contributed by atoms with van der Waals surface area (Å²) in [6.07, 6.45) is -4.13. The zero-order valence-electron chi connectivity index (χ0n) is 9.97. The second-order valence-electron chi connectivity index (χ2n) is 3.98. The molecule has 18 heavy (non-hydrogen) atoms. The Morgan fingerprint density at radius 3 is 2.78 bits per heavy atom. The first-order valence-electron chi connectivity index (χ1n) is 5.76. The highest BCUT2D eigenvalue weighted by molar-refractivity contribution is 5.30. The molecule has 0 saturated heterocycles. The van der Waals surface area contributed by atoms with Gasteiger partial charge in [0, 0.05) is 18.7 Å². The molecule has 1 N–H and O–H groups in total. The zero-order chi connectivity index (χ0) is 13.2. The van der Waals surface area contributed by atoms with Gasteiger partial charge in [0.1, 0.15) is 6.61 Å². The number of fused-ring (bicyclic) bond motifs is 1. The molecule has 2 heterocycles. The predicted molar refractivity (Wildman–Crippen MR) is 57.8 cm³/mol. The number of hydrogen-bond donors (Lipinski definition) is 1. The summed E-state index contributed by atoms with van der Waals surface area (Å²) in [5.41, 5.74) is -0.177. The van der Waals surface area contributed by atoms with Crippen LogP contribution in [0.25, 0.3) is 0 Å². The minimum absolute atomic E-state index is 0.00681. The van der Waals surface area contributed by atoms with Crippen LogP contribution >= 0.6 is 0 Å². The van der Waals surface area contributed by atoms with Crippen molar-refractivity contribution in [2.24, 2.45) is 0 Å². The fourth-order valence-corrected chi connectivity index (χ4v) is 1.90. The average Bonchev–Trinajstić information content (AvgIpc) is 2.34. The lowest BCUT2D eigenvalue weighted by molar-refractivity contribution is -0.142. The number of nitrogens with zero attached hydrogens (tertiary/aromatic N) is 2. The Labute approximate surface area is 103 Å². The molecular weight excluding hydrogens is 247 g/mol. The van der Waals surface area contributed by atoms with E-state index in [1.54, 1.807) is 6.92 Å². The van der Waals surface area contributed by atoms with Crippen LogP contribution < -0.4 is 5.32 Å². The van der Waals surface area contributed by atoms with Crippen LogP contribution in [0.5, 0.6) is 0 Å². The maximum Gasteiger partial charge on any atom is 0.433 e. The molecule has 0 bridgehead atoms. The summed E-state index contributed by atoms with van der Waals surface area (Å²) in [7, 11) is 0. The molecule has 1 aromatic rings. The third-order valence-corrected chi connectivity index (χ3v) is 2.69. The van der Waals surface area contributed by atoms with E-state index in [1.165, 1.54) is 0 Å². The van der Waals surface area contributed by atoms with Crippen molar-refractivity contribution in [1.82, 2.24) is 15.3 Å². The highest BCUT2D eigenvalue weighted by Crippen LogP contribution is 2.32. The summed E-state index contributed by atoms with van der Waals surface area (Å²) < 4.78 is 43.8. The van der Waals surface area contributed by atoms with Gasteiger partial charge in [0.15, 0.2) is 11.5 Å². The molecule has 0 saturated carbocycles. The normalized spacial score (nSPS) is 15.6. The van der Waals surface area contributed by atoms with E-state index in [2.05, 4.69) is 15.3 Å². The van der Waals surface area contributed by atoms with Crippen LogP contribution in [0.3, 0.4) is 0 Å². The van der Waals surface area contributed by atoms with Gasteiger partial charge in [-0.3, -0.25) is 0 Å². The standard InChI is InChI=1S/C11H14F3N3O/c1-2-18-6-9-16-8-5-15-4-3-7(8)10(17-9)11(12,13)14/h15H,2-6H2,1H3. The largest absolute Gasteiger partial charge is 0.433 e. The minimum Gasteiger partial charge on any atom is -0.374 e. The molecule has 2 rings (SSSR count). The fraction of sp³-hybridized carbons (Fsp3) is 0.636. The second kappa shape index (κ2) is 5.19. The molecule has 4 nitrogen and oxygen atoms in total. The SMILES string of the molecule is CCOCc1nc2c(c(C(F)(F)F)n1)CCNC2. The Morgan fingerprint density at radius 2 is 2.11 bits per heavy atom. The van der Waals surface area contributed by atoms with E-state index in [1.807, 2.05) is 0 Å². The van der Waals surface area contributed by atoms with E-state index in [4.69, 9.17) is 4.74 Å². The van der Waals surface area contributed by atoms with Gasteiger partial charge in [-0.2, -0.15) is 13.2 Å². The topological polar surface area (TPSA) is 47.0 Å². The Balaban J connectivity index is 2.41. The minimum atomic E-state index is -4.44. The predicted octanol–water partition coefficient (Wildman–Crippen LogP) is 1.68. The van der Waals surface area contributed by atoms with Crippen molar-refractivity contribution in [3.63, 3.8) is 0 Å². The number of aromatic nitrogens is 2. The van der Waals surface area contributed by atoms with Crippen molar-refractivity contribution in [3.8, 4) is 0 Å². The highest BCUT2D eigenvalue weighted by atomic mass is 19.4. The molecule has 0 amide bonds. The van der Waals surface area contributed by atoms with Crippen molar-refractivity contribution in [2.45, 2.75) is 32.7 Å². The summed E-state index contributed by atoms with van der Waals surface area (Å²) in [5.74, 6) is 0.0895. The van der Waals surface area contributed by atoms with E-state index in [0.29, 0.717) is 31.8 Å². The number of ether oxygens (including phenoxy) is 1. The molecule has 0 fully saturated rings. The average molecular weight is 261 g/mol. The summed E-state index contributed by atoms with van der Waals surface area (Å²) in [5, 5.41) is 3.00. The van der Waals surface area contributed by atoms with E-state index in [9.17, 15) is 13.2 Å². The Hall–Kier alpha value is -1.21. The third kappa shape index (κ3) is 2.78. The molecule has 0 unspecified atom stereocenters. The third-order valence-electron chi connectivity index (χ3n) is 2.69. The molecular formula is C11H14F3N3O. The van der Waals surface area contributed by atoms with Gasteiger partial charge in [-0.05, 0) is 19.9 Å². The van der Waals surface area contributed by atoms with Crippen molar-refractivity contribution in [2.75, 3.05) is 13.2 Å². The molecule has 1 aliphatic heterocycles. The maximum absolute atomic E-state index is 12.9. The number of halogens is 3. The van der Waals surface area contributed by atoms with Gasteiger partial charge in [-0.25, -0.2) is 9.97 Å². The molecule has 0 aromatic carbocycles. The monoisotopic (exact) mass is 261 g/mol. The van der Waals surface area contributed by atoms with Crippen molar-refractivity contribution in [1.29, 1.82) is 0 Å². The molecule has 1 aliphatic rings. The Bertz CT molecular complexity index is 434. The van der Waals surface area contributed by atoms with Crippen molar-refractivity contribution >= 4 is 0 Å². The lowest BCUT2D eigenvalue weighted by atomic mass is 10.0. The van der Waals surface area contributed by atoms with Crippen LogP contribution in [-0.4, -0.2) is 23.1 Å². The molecule has 0 radical (unpaired) electrons. The van der Waals surface area contributed by atoms with Crippen LogP contribution in [0.1, 0.15) is 29.7 Å². The van der Waals surface area contributed by atoms with E-state index in [0.717, 1.165) is 0 Å². The summed E-state index contributed by atoms with van der Waals surface area (Å²) in [6.45, 7) is 3.06. The van der Waals surface area contributed by atoms with Gasteiger partial charge < -0.3 is 10.1 Å². The Kier molecular flexibility index (Phi) is 3.82. The van der Waals surface area contributed by atoms with Crippen LogP contribution in [0, 0.1) is 0 Å². The fourth-order valence-electron chi connectivity index (χ4n) is 1.90. The second-order valence-corrected chi connectivity index (χ2v) is 3.98. The van der Waals surface area contributed by atoms with E-state index < -0.39 is 11.9 Å². The Morgan fingerprint density at radius 1 is 1.33 bits per heavy atom. The van der Waals surface area contributed by atoms with Gasteiger partial charge in [-0.15, -0.1) is 0 Å². The van der Waals surface area contributed by atoms with Gasteiger partial charge in [-0.1, -0.05) is 0 Å². The number of nitrogens with one attached hydrogen (secondary N) is 1. The first-order valence-corrected chi connectivity index (χ1v) is 5.76. The molecule has 1 aromatic heterocycles. The lowest BCUT2D eigenvalue weighted by Crippen LogP contribution is -2.29. The summed E-state index contributed by atoms with van der Waals surface area (Å²) >= 11 is 0. The molecule has 100 valence electrons. The molecule has 0 atom stereocenters.